The van der Waals surface area contributed by atoms with Crippen LogP contribution in [0.25, 0.3) is 0 Å². The number of hydrogen-bond donors (Lipinski definition) is 2. The van der Waals surface area contributed by atoms with E-state index in [2.05, 4.69) is 5.32 Å². The summed E-state index contributed by atoms with van der Waals surface area (Å²) in [6.45, 7) is 3.97. The first-order chi connectivity index (χ1) is 8.92. The topological polar surface area (TPSA) is 75.6 Å². The molecule has 1 aromatic rings. The monoisotopic (exact) mass is 265 g/mol. The van der Waals surface area contributed by atoms with Gasteiger partial charge in [-0.05, 0) is 36.7 Å². The van der Waals surface area contributed by atoms with E-state index in [1.54, 1.807) is 25.3 Å². The number of aliphatic carboxylic acids is 1. The van der Waals surface area contributed by atoms with Gasteiger partial charge in [-0.1, -0.05) is 13.8 Å². The van der Waals surface area contributed by atoms with Crippen LogP contribution in [-0.4, -0.2) is 37.1 Å². The summed E-state index contributed by atoms with van der Waals surface area (Å²) in [7, 11) is 3.01. The van der Waals surface area contributed by atoms with Crippen LogP contribution in [0.4, 0.5) is 0 Å². The number of hydrogen-bond acceptors (Lipinski definition) is 4. The summed E-state index contributed by atoms with van der Waals surface area (Å²) in [4.78, 5) is 23.1. The minimum atomic E-state index is -1.23. The molecule has 0 aliphatic rings. The highest BCUT2D eigenvalue weighted by Gasteiger charge is 2.26. The molecule has 0 bridgehead atoms. The number of carbonyl (C=O) groups excluding carboxylic acids is 1. The standard InChI is InChI=1S/C14H19NO4/c1-8(2)10-7-9(5-6-11(10)19-4)13(16)12(15-3)14(17)18/h5-8,12,15H,1-4H3,(H,17,18). The Hall–Kier alpha value is -1.88. The largest absolute Gasteiger partial charge is 0.496 e. The lowest BCUT2D eigenvalue weighted by atomic mass is 9.96. The fourth-order valence-electron chi connectivity index (χ4n) is 1.87. The van der Waals surface area contributed by atoms with E-state index in [1.165, 1.54) is 7.05 Å². The van der Waals surface area contributed by atoms with E-state index >= 15 is 0 Å². The molecule has 0 radical (unpaired) electrons. The van der Waals surface area contributed by atoms with Gasteiger partial charge in [-0.2, -0.15) is 0 Å². The van der Waals surface area contributed by atoms with Crippen LogP contribution in [0.1, 0.15) is 35.7 Å². The number of benzene rings is 1. The van der Waals surface area contributed by atoms with Gasteiger partial charge in [-0.3, -0.25) is 9.59 Å². The normalized spacial score (nSPS) is 12.3. The molecule has 5 heteroatoms. The van der Waals surface area contributed by atoms with Gasteiger partial charge >= 0.3 is 5.97 Å². The van der Waals surface area contributed by atoms with E-state index in [1.807, 2.05) is 13.8 Å². The second-order valence-electron chi connectivity index (χ2n) is 4.54. The Morgan fingerprint density at radius 1 is 1.32 bits per heavy atom. The van der Waals surface area contributed by atoms with Crippen LogP contribution < -0.4 is 10.1 Å². The maximum Gasteiger partial charge on any atom is 0.328 e. The maximum absolute atomic E-state index is 12.1. The van der Waals surface area contributed by atoms with Crippen LogP contribution in [0.2, 0.25) is 0 Å². The molecule has 0 aliphatic carbocycles. The van der Waals surface area contributed by atoms with Crippen molar-refractivity contribution in [2.24, 2.45) is 0 Å². The molecule has 104 valence electrons. The van der Waals surface area contributed by atoms with Gasteiger partial charge in [0.05, 0.1) is 7.11 Å². The molecule has 0 amide bonds. The van der Waals surface area contributed by atoms with Crippen molar-refractivity contribution >= 4 is 11.8 Å². The Balaban J connectivity index is 3.18. The van der Waals surface area contributed by atoms with Crippen LogP contribution in [0.15, 0.2) is 18.2 Å². The predicted octanol–water partition coefficient (Wildman–Crippen LogP) is 1.67. The quantitative estimate of drug-likeness (QED) is 0.604. The second-order valence-corrected chi connectivity index (χ2v) is 4.54. The minimum Gasteiger partial charge on any atom is -0.496 e. The van der Waals surface area contributed by atoms with E-state index in [-0.39, 0.29) is 5.92 Å². The lowest BCUT2D eigenvalue weighted by molar-refractivity contribution is -0.137. The average molecular weight is 265 g/mol. The predicted molar refractivity (Wildman–Crippen MR) is 71.9 cm³/mol. The van der Waals surface area contributed by atoms with Crippen LogP contribution in [0, 0.1) is 0 Å². The fourth-order valence-corrected chi connectivity index (χ4v) is 1.87. The number of Topliss-reactive ketones (excluding diaryl/α,β-unsaturated/α-hetero) is 1. The molecule has 1 unspecified atom stereocenters. The van der Waals surface area contributed by atoms with Crippen molar-refractivity contribution in [2.45, 2.75) is 25.8 Å². The zero-order chi connectivity index (χ0) is 14.6. The molecular formula is C14H19NO4. The number of methoxy groups -OCH3 is 1. The lowest BCUT2D eigenvalue weighted by Crippen LogP contribution is -2.41. The number of ketones is 1. The van der Waals surface area contributed by atoms with E-state index in [0.29, 0.717) is 11.3 Å². The van der Waals surface area contributed by atoms with Crippen molar-refractivity contribution in [1.29, 1.82) is 0 Å². The van der Waals surface area contributed by atoms with Gasteiger partial charge in [-0.25, -0.2) is 0 Å². The Bertz CT molecular complexity index is 482. The average Bonchev–Trinajstić information content (AvgIpc) is 2.38. The summed E-state index contributed by atoms with van der Waals surface area (Å²) in [5, 5.41) is 11.5. The number of nitrogens with one attached hydrogen (secondary N) is 1. The number of carboxylic acid groups (broad SMARTS) is 1. The number of ether oxygens (including phenoxy) is 1. The van der Waals surface area contributed by atoms with Crippen LogP contribution in [0.3, 0.4) is 0 Å². The summed E-state index contributed by atoms with van der Waals surface area (Å²) >= 11 is 0. The summed E-state index contributed by atoms with van der Waals surface area (Å²) in [5.41, 5.74) is 1.25. The van der Waals surface area contributed by atoms with Crippen LogP contribution in [-0.2, 0) is 4.79 Å². The zero-order valence-corrected chi connectivity index (χ0v) is 11.6. The Morgan fingerprint density at radius 3 is 2.37 bits per heavy atom. The second kappa shape index (κ2) is 6.33. The van der Waals surface area contributed by atoms with Crippen molar-refractivity contribution in [3.05, 3.63) is 29.3 Å². The highest BCUT2D eigenvalue weighted by Crippen LogP contribution is 2.27. The first kappa shape index (κ1) is 15.2. The molecule has 1 aromatic carbocycles. The first-order valence-corrected chi connectivity index (χ1v) is 6.04. The smallest absolute Gasteiger partial charge is 0.328 e. The third-order valence-electron chi connectivity index (χ3n) is 2.93. The summed E-state index contributed by atoms with van der Waals surface area (Å²) in [6, 6.07) is 3.74. The lowest BCUT2D eigenvalue weighted by Gasteiger charge is -2.15. The van der Waals surface area contributed by atoms with E-state index in [0.717, 1.165) is 5.56 Å². The molecule has 0 aromatic heterocycles. The Kier molecular flexibility index (Phi) is 5.06. The van der Waals surface area contributed by atoms with E-state index in [9.17, 15) is 9.59 Å². The number of rotatable bonds is 6. The molecule has 0 saturated carbocycles. The van der Waals surface area contributed by atoms with Gasteiger partial charge in [0, 0.05) is 5.56 Å². The molecule has 0 spiro atoms. The number of likely N-dealkylation sites (N-methyl/N-ethyl adjacent to an activating group) is 1. The Labute approximate surface area is 112 Å². The molecule has 0 heterocycles. The number of carboxylic acids is 1. The van der Waals surface area contributed by atoms with Gasteiger partial charge < -0.3 is 15.2 Å². The zero-order valence-electron chi connectivity index (χ0n) is 11.6. The SMILES string of the molecule is CNC(C(=O)O)C(=O)c1ccc(OC)c(C(C)C)c1. The number of carbonyl (C=O) groups is 2. The van der Waals surface area contributed by atoms with Crippen LogP contribution in [0.5, 0.6) is 5.75 Å². The summed E-state index contributed by atoms with van der Waals surface area (Å²) < 4.78 is 5.23. The molecule has 5 nitrogen and oxygen atoms in total. The molecule has 0 saturated heterocycles. The van der Waals surface area contributed by atoms with E-state index < -0.39 is 17.8 Å². The summed E-state index contributed by atoms with van der Waals surface area (Å²) in [5.74, 6) is -0.766. The first-order valence-electron chi connectivity index (χ1n) is 6.04. The highest BCUT2D eigenvalue weighted by molar-refractivity contribution is 6.11. The molecule has 1 rings (SSSR count). The summed E-state index contributed by atoms with van der Waals surface area (Å²) in [6.07, 6.45) is 0. The fraction of sp³-hybridized carbons (Fsp3) is 0.429. The highest BCUT2D eigenvalue weighted by atomic mass is 16.5. The molecule has 19 heavy (non-hydrogen) atoms. The van der Waals surface area contributed by atoms with E-state index in [4.69, 9.17) is 9.84 Å². The minimum absolute atomic E-state index is 0.181. The maximum atomic E-state index is 12.1. The molecular weight excluding hydrogens is 246 g/mol. The van der Waals surface area contributed by atoms with Gasteiger partial charge in [0.2, 0.25) is 0 Å². The molecule has 2 N–H and O–H groups in total. The Morgan fingerprint density at radius 2 is 1.95 bits per heavy atom. The third kappa shape index (κ3) is 3.32. The third-order valence-corrected chi connectivity index (χ3v) is 2.93. The van der Waals surface area contributed by atoms with Crippen molar-refractivity contribution in [1.82, 2.24) is 5.32 Å². The van der Waals surface area contributed by atoms with Crippen LogP contribution >= 0.6 is 0 Å². The van der Waals surface area contributed by atoms with Gasteiger partial charge in [0.1, 0.15) is 5.75 Å². The van der Waals surface area contributed by atoms with Crippen molar-refractivity contribution in [2.75, 3.05) is 14.2 Å². The molecule has 0 fully saturated rings. The van der Waals surface area contributed by atoms with Gasteiger partial charge in [-0.15, -0.1) is 0 Å². The van der Waals surface area contributed by atoms with Gasteiger partial charge in [0.25, 0.3) is 0 Å². The van der Waals surface area contributed by atoms with Gasteiger partial charge in [0.15, 0.2) is 11.8 Å². The molecule has 0 aliphatic heterocycles. The van der Waals surface area contributed by atoms with Crippen molar-refractivity contribution in [3.63, 3.8) is 0 Å². The molecule has 1 atom stereocenters. The van der Waals surface area contributed by atoms with Crippen molar-refractivity contribution < 1.29 is 19.4 Å². The van der Waals surface area contributed by atoms with Crippen molar-refractivity contribution in [3.8, 4) is 5.75 Å².